The largest absolute Gasteiger partial charge is 0.496 e. The maximum absolute atomic E-state index is 12.8. The maximum atomic E-state index is 12.8. The van der Waals surface area contributed by atoms with Crippen LogP contribution >= 0.6 is 24.0 Å². The van der Waals surface area contributed by atoms with Crippen LogP contribution in [-0.4, -0.2) is 37.6 Å². The van der Waals surface area contributed by atoms with E-state index in [9.17, 15) is 4.79 Å². The van der Waals surface area contributed by atoms with Crippen molar-refractivity contribution in [1.82, 2.24) is 4.90 Å². The first kappa shape index (κ1) is 21.4. The Hall–Kier alpha value is -1.95. The van der Waals surface area contributed by atoms with Crippen LogP contribution in [0, 0.1) is 5.92 Å². The maximum Gasteiger partial charge on any atom is 0.257 e. The number of amides is 1. The van der Waals surface area contributed by atoms with Crippen LogP contribution in [0.2, 0.25) is 5.02 Å². The fourth-order valence-corrected chi connectivity index (χ4v) is 3.31. The number of rotatable bonds is 6. The molecule has 1 unspecified atom stereocenters. The number of nitrogens with zero attached hydrogens (tertiary/aromatic N) is 1. The van der Waals surface area contributed by atoms with Gasteiger partial charge in [0.25, 0.3) is 5.91 Å². The lowest BCUT2D eigenvalue weighted by Gasteiger charge is -2.19. The molecule has 7 heteroatoms. The molecule has 1 saturated heterocycles. The lowest BCUT2D eigenvalue weighted by Crippen LogP contribution is -2.29. The number of anilines is 1. The van der Waals surface area contributed by atoms with Gasteiger partial charge in [-0.15, -0.1) is 12.4 Å². The van der Waals surface area contributed by atoms with Crippen LogP contribution in [0.3, 0.4) is 0 Å². The Morgan fingerprint density at radius 3 is 2.74 bits per heavy atom. The van der Waals surface area contributed by atoms with Gasteiger partial charge in [0.05, 0.1) is 36.6 Å². The van der Waals surface area contributed by atoms with E-state index in [-0.39, 0.29) is 18.3 Å². The Balaban J connectivity index is 0.00000261. The van der Waals surface area contributed by atoms with E-state index in [1.807, 2.05) is 35.2 Å². The summed E-state index contributed by atoms with van der Waals surface area (Å²) in [5.74, 6) is 0.688. The van der Waals surface area contributed by atoms with Gasteiger partial charge >= 0.3 is 0 Å². The summed E-state index contributed by atoms with van der Waals surface area (Å²) in [4.78, 5) is 14.7. The molecule has 0 radical (unpaired) electrons. The van der Waals surface area contributed by atoms with Crippen LogP contribution < -0.4 is 10.5 Å². The number of hydrogen-bond acceptors (Lipinski definition) is 4. The van der Waals surface area contributed by atoms with Gasteiger partial charge in [0.1, 0.15) is 5.75 Å². The van der Waals surface area contributed by atoms with E-state index >= 15 is 0 Å². The number of carbonyl (C=O) groups excluding carboxylic acids is 1. The minimum atomic E-state index is -0.0886. The number of hydrogen-bond donors (Lipinski definition) is 1. The molecule has 0 aromatic heterocycles. The quantitative estimate of drug-likeness (QED) is 0.729. The predicted octanol–water partition coefficient (Wildman–Crippen LogP) is 4.03. The van der Waals surface area contributed by atoms with Crippen molar-refractivity contribution in [2.45, 2.75) is 13.0 Å². The molecule has 1 fully saturated rings. The van der Waals surface area contributed by atoms with E-state index in [4.69, 9.17) is 26.8 Å². The average Bonchev–Trinajstić information content (AvgIpc) is 3.13. The third-order valence-electron chi connectivity index (χ3n) is 4.59. The second-order valence-corrected chi connectivity index (χ2v) is 6.89. The minimum absolute atomic E-state index is 0. The third kappa shape index (κ3) is 5.28. The van der Waals surface area contributed by atoms with E-state index in [0.717, 1.165) is 12.0 Å². The molecule has 3 rings (SSSR count). The summed E-state index contributed by atoms with van der Waals surface area (Å²) in [6.45, 7) is 2.59. The summed E-state index contributed by atoms with van der Waals surface area (Å²) in [6.07, 6.45) is 0.922. The summed E-state index contributed by atoms with van der Waals surface area (Å²) in [6, 6.07) is 13.2. The monoisotopic (exact) mass is 410 g/mol. The zero-order valence-corrected chi connectivity index (χ0v) is 16.8. The molecule has 27 heavy (non-hydrogen) atoms. The van der Waals surface area contributed by atoms with Crippen LogP contribution in [-0.2, 0) is 11.3 Å². The van der Waals surface area contributed by atoms with Crippen LogP contribution in [0.25, 0.3) is 0 Å². The number of ether oxygens (including phenoxy) is 2. The zero-order valence-electron chi connectivity index (χ0n) is 15.2. The number of halogens is 2. The molecule has 0 aliphatic carbocycles. The number of methoxy groups -OCH3 is 1. The Labute approximate surface area is 170 Å². The molecular formula is C20H24Cl2N2O3. The Morgan fingerprint density at radius 2 is 2.04 bits per heavy atom. The highest BCUT2D eigenvalue weighted by molar-refractivity contribution is 6.33. The van der Waals surface area contributed by atoms with Gasteiger partial charge < -0.3 is 20.1 Å². The summed E-state index contributed by atoms with van der Waals surface area (Å²) >= 11 is 6.08. The Bertz CT molecular complexity index is 771. The van der Waals surface area contributed by atoms with Crippen molar-refractivity contribution >= 4 is 35.6 Å². The van der Waals surface area contributed by atoms with Crippen LogP contribution in [0.5, 0.6) is 5.75 Å². The van der Waals surface area contributed by atoms with Crippen molar-refractivity contribution in [3.63, 3.8) is 0 Å². The molecule has 2 aromatic rings. The number of nitrogens with two attached hydrogens (primary N) is 1. The first-order chi connectivity index (χ1) is 12.6. The molecule has 1 heterocycles. The zero-order chi connectivity index (χ0) is 18.5. The number of likely N-dealkylation sites (tertiary alicyclic amines) is 1. The van der Waals surface area contributed by atoms with E-state index in [1.54, 1.807) is 12.1 Å². The van der Waals surface area contributed by atoms with Crippen molar-refractivity contribution in [3.05, 3.63) is 58.6 Å². The van der Waals surface area contributed by atoms with Gasteiger partial charge in [-0.25, -0.2) is 0 Å². The van der Waals surface area contributed by atoms with Gasteiger partial charge in [-0.2, -0.15) is 0 Å². The molecule has 0 bridgehead atoms. The van der Waals surface area contributed by atoms with E-state index in [2.05, 4.69) is 0 Å². The molecule has 1 atom stereocenters. The van der Waals surface area contributed by atoms with Crippen LogP contribution in [0.1, 0.15) is 22.3 Å². The van der Waals surface area contributed by atoms with Crippen molar-refractivity contribution in [1.29, 1.82) is 0 Å². The second-order valence-electron chi connectivity index (χ2n) is 6.48. The van der Waals surface area contributed by atoms with Crippen molar-refractivity contribution in [2.75, 3.05) is 32.5 Å². The van der Waals surface area contributed by atoms with Gasteiger partial charge in [0.15, 0.2) is 0 Å². The average molecular weight is 411 g/mol. The molecule has 0 spiro atoms. The summed E-state index contributed by atoms with van der Waals surface area (Å²) < 4.78 is 11.1. The lowest BCUT2D eigenvalue weighted by molar-refractivity contribution is 0.0730. The normalized spacial score (nSPS) is 16.1. The molecule has 1 aliphatic heterocycles. The molecule has 1 aliphatic rings. The highest BCUT2D eigenvalue weighted by Gasteiger charge is 2.29. The van der Waals surface area contributed by atoms with Gasteiger partial charge in [0, 0.05) is 25.1 Å². The van der Waals surface area contributed by atoms with Crippen LogP contribution in [0.4, 0.5) is 5.69 Å². The summed E-state index contributed by atoms with van der Waals surface area (Å²) in [7, 11) is 1.52. The molecule has 2 aromatic carbocycles. The first-order valence-corrected chi connectivity index (χ1v) is 9.00. The van der Waals surface area contributed by atoms with E-state index < -0.39 is 0 Å². The van der Waals surface area contributed by atoms with E-state index in [1.165, 1.54) is 7.11 Å². The van der Waals surface area contributed by atoms with Crippen molar-refractivity contribution in [2.24, 2.45) is 5.92 Å². The van der Waals surface area contributed by atoms with Gasteiger partial charge in [-0.3, -0.25) is 4.79 Å². The highest BCUT2D eigenvalue weighted by Crippen LogP contribution is 2.31. The molecule has 146 valence electrons. The Morgan fingerprint density at radius 1 is 1.30 bits per heavy atom. The van der Waals surface area contributed by atoms with Gasteiger partial charge in [-0.05, 0) is 18.1 Å². The van der Waals surface area contributed by atoms with Crippen molar-refractivity contribution < 1.29 is 14.3 Å². The first-order valence-electron chi connectivity index (χ1n) is 8.62. The summed E-state index contributed by atoms with van der Waals surface area (Å²) in [5.41, 5.74) is 7.78. The second kappa shape index (κ2) is 9.83. The lowest BCUT2D eigenvalue weighted by atomic mass is 10.1. The highest BCUT2D eigenvalue weighted by atomic mass is 35.5. The SMILES string of the molecule is COc1cc(N)c(Cl)cc1C(=O)N1CCC(COCc2ccccc2)C1.Cl. The smallest absolute Gasteiger partial charge is 0.257 e. The third-order valence-corrected chi connectivity index (χ3v) is 4.91. The molecular weight excluding hydrogens is 387 g/mol. The van der Waals surface area contributed by atoms with Gasteiger partial charge in [-0.1, -0.05) is 41.9 Å². The standard InChI is InChI=1S/C20H23ClN2O3.ClH/c1-25-19-10-18(22)17(21)9-16(19)20(24)23-8-7-15(11-23)13-26-12-14-5-3-2-4-6-14;/h2-6,9-10,15H,7-8,11-13,22H2,1H3;1H. The summed E-state index contributed by atoms with van der Waals surface area (Å²) in [5, 5.41) is 0.357. The number of carbonyl (C=O) groups is 1. The topological polar surface area (TPSA) is 64.8 Å². The molecule has 5 nitrogen and oxygen atoms in total. The molecule has 0 saturated carbocycles. The predicted molar refractivity (Wildman–Crippen MR) is 110 cm³/mol. The fourth-order valence-electron chi connectivity index (χ4n) is 3.15. The molecule has 1 amide bonds. The Kier molecular flexibility index (Phi) is 7.78. The van der Waals surface area contributed by atoms with Crippen LogP contribution in [0.15, 0.2) is 42.5 Å². The number of nitrogen functional groups attached to an aromatic ring is 1. The van der Waals surface area contributed by atoms with Gasteiger partial charge in [0.2, 0.25) is 0 Å². The fraction of sp³-hybridized carbons (Fsp3) is 0.350. The minimum Gasteiger partial charge on any atom is -0.496 e. The molecule has 2 N–H and O–H groups in total. The van der Waals surface area contributed by atoms with E-state index in [0.29, 0.717) is 54.2 Å². The number of benzene rings is 2. The van der Waals surface area contributed by atoms with Crippen molar-refractivity contribution in [3.8, 4) is 5.75 Å².